The molecular weight excluding hydrogens is 289 g/mol. The Morgan fingerprint density at radius 1 is 1.50 bits per heavy atom. The van der Waals surface area contributed by atoms with Crippen LogP contribution in [0.15, 0.2) is 18.2 Å². The summed E-state index contributed by atoms with van der Waals surface area (Å²) in [4.78, 5) is 21.9. The lowest BCUT2D eigenvalue weighted by Crippen LogP contribution is -2.33. The number of hydrogen-bond donors (Lipinski definition) is 2. The molecule has 0 aliphatic rings. The largest absolute Gasteiger partial charge is 0.482 e. The molecule has 20 heavy (non-hydrogen) atoms. The number of amides is 1. The van der Waals surface area contributed by atoms with Gasteiger partial charge in [0, 0.05) is 13.0 Å². The van der Waals surface area contributed by atoms with Crippen LogP contribution in [0.4, 0.5) is 4.39 Å². The maximum Gasteiger partial charge on any atom is 0.303 e. The number of hydrogen-bond acceptors (Lipinski definition) is 3. The Hall–Kier alpha value is -1.82. The van der Waals surface area contributed by atoms with Crippen molar-refractivity contribution in [2.45, 2.75) is 13.3 Å². The van der Waals surface area contributed by atoms with E-state index in [-0.39, 0.29) is 36.3 Å². The van der Waals surface area contributed by atoms with E-state index in [9.17, 15) is 14.0 Å². The number of nitrogens with one attached hydrogen (secondary N) is 1. The second-order valence-corrected chi connectivity index (χ2v) is 4.78. The molecular formula is C13H15ClFNO4. The minimum atomic E-state index is -0.916. The Balaban J connectivity index is 2.34. The molecule has 2 N–H and O–H groups in total. The molecule has 1 aromatic carbocycles. The van der Waals surface area contributed by atoms with Gasteiger partial charge in [0.2, 0.25) is 0 Å². The van der Waals surface area contributed by atoms with Crippen molar-refractivity contribution in [2.75, 3.05) is 13.2 Å². The van der Waals surface area contributed by atoms with Gasteiger partial charge in [0.1, 0.15) is 11.6 Å². The first-order valence-corrected chi connectivity index (χ1v) is 6.32. The van der Waals surface area contributed by atoms with Crippen molar-refractivity contribution in [1.29, 1.82) is 0 Å². The summed E-state index contributed by atoms with van der Waals surface area (Å²) in [5.41, 5.74) is 0. The van der Waals surface area contributed by atoms with E-state index in [2.05, 4.69) is 5.32 Å². The number of rotatable bonds is 7. The molecule has 7 heteroatoms. The van der Waals surface area contributed by atoms with Crippen molar-refractivity contribution in [3.8, 4) is 5.75 Å². The van der Waals surface area contributed by atoms with Crippen LogP contribution in [0.1, 0.15) is 13.3 Å². The van der Waals surface area contributed by atoms with Crippen LogP contribution in [-0.4, -0.2) is 30.1 Å². The molecule has 0 aliphatic heterocycles. The summed E-state index contributed by atoms with van der Waals surface area (Å²) in [6.07, 6.45) is -0.0229. The predicted octanol–water partition coefficient (Wildman–Crippen LogP) is 2.08. The molecule has 0 radical (unpaired) electrons. The van der Waals surface area contributed by atoms with Crippen molar-refractivity contribution >= 4 is 23.5 Å². The van der Waals surface area contributed by atoms with E-state index in [4.69, 9.17) is 21.4 Å². The molecule has 0 fully saturated rings. The number of ether oxygens (including phenoxy) is 1. The maximum atomic E-state index is 12.8. The predicted molar refractivity (Wildman–Crippen MR) is 71.3 cm³/mol. The normalized spacial score (nSPS) is 11.8. The van der Waals surface area contributed by atoms with Crippen LogP contribution < -0.4 is 10.1 Å². The van der Waals surface area contributed by atoms with Gasteiger partial charge < -0.3 is 15.2 Å². The number of benzene rings is 1. The van der Waals surface area contributed by atoms with Crippen LogP contribution in [0, 0.1) is 11.7 Å². The standard InChI is InChI=1S/C13H15ClFNO4/c1-8(4-13(18)19)6-16-12(17)7-20-11-3-2-9(15)5-10(11)14/h2-3,5,8H,4,6-7H2,1H3,(H,16,17)(H,18,19). The highest BCUT2D eigenvalue weighted by molar-refractivity contribution is 6.32. The highest BCUT2D eigenvalue weighted by Gasteiger charge is 2.10. The van der Waals surface area contributed by atoms with E-state index < -0.39 is 17.7 Å². The molecule has 1 atom stereocenters. The molecule has 0 saturated heterocycles. The summed E-state index contributed by atoms with van der Waals surface area (Å²) < 4.78 is 17.9. The van der Waals surface area contributed by atoms with E-state index in [1.165, 1.54) is 12.1 Å². The Kier molecular flexibility index (Phi) is 6.24. The minimum absolute atomic E-state index is 0.0229. The molecule has 0 aromatic heterocycles. The van der Waals surface area contributed by atoms with Crippen molar-refractivity contribution < 1.29 is 23.8 Å². The molecule has 0 heterocycles. The van der Waals surface area contributed by atoms with Gasteiger partial charge in [-0.25, -0.2) is 4.39 Å². The summed E-state index contributed by atoms with van der Waals surface area (Å²) in [5.74, 6) is -1.77. The van der Waals surface area contributed by atoms with Crippen LogP contribution >= 0.6 is 11.6 Å². The maximum absolute atomic E-state index is 12.8. The van der Waals surface area contributed by atoms with Gasteiger partial charge in [-0.05, 0) is 24.1 Å². The lowest BCUT2D eigenvalue weighted by atomic mass is 10.1. The average Bonchev–Trinajstić information content (AvgIpc) is 2.34. The lowest BCUT2D eigenvalue weighted by Gasteiger charge is -2.11. The topological polar surface area (TPSA) is 75.6 Å². The van der Waals surface area contributed by atoms with E-state index in [0.717, 1.165) is 6.07 Å². The van der Waals surface area contributed by atoms with Crippen LogP contribution in [0.2, 0.25) is 5.02 Å². The highest BCUT2D eigenvalue weighted by Crippen LogP contribution is 2.24. The van der Waals surface area contributed by atoms with Gasteiger partial charge >= 0.3 is 5.97 Å². The average molecular weight is 304 g/mol. The van der Waals surface area contributed by atoms with E-state index in [1.807, 2.05) is 0 Å². The monoisotopic (exact) mass is 303 g/mol. The first-order valence-electron chi connectivity index (χ1n) is 5.95. The highest BCUT2D eigenvalue weighted by atomic mass is 35.5. The van der Waals surface area contributed by atoms with Gasteiger partial charge in [0.05, 0.1) is 5.02 Å². The second kappa shape index (κ2) is 7.69. The number of carbonyl (C=O) groups excluding carboxylic acids is 1. The van der Waals surface area contributed by atoms with E-state index >= 15 is 0 Å². The summed E-state index contributed by atoms with van der Waals surface area (Å²) in [6, 6.07) is 3.59. The Labute approximate surface area is 120 Å². The van der Waals surface area contributed by atoms with Gasteiger partial charge in [-0.3, -0.25) is 9.59 Å². The summed E-state index contributed by atoms with van der Waals surface area (Å²) in [7, 11) is 0. The second-order valence-electron chi connectivity index (χ2n) is 4.37. The van der Waals surface area contributed by atoms with Crippen molar-refractivity contribution in [3.05, 3.63) is 29.0 Å². The fourth-order valence-electron chi connectivity index (χ4n) is 1.44. The molecule has 0 saturated carbocycles. The fourth-order valence-corrected chi connectivity index (χ4v) is 1.67. The molecule has 1 unspecified atom stereocenters. The zero-order valence-electron chi connectivity index (χ0n) is 10.9. The molecule has 5 nitrogen and oxygen atoms in total. The Morgan fingerprint density at radius 3 is 2.80 bits per heavy atom. The third-order valence-corrected chi connectivity index (χ3v) is 2.72. The van der Waals surface area contributed by atoms with E-state index in [0.29, 0.717) is 0 Å². The molecule has 1 rings (SSSR count). The molecule has 110 valence electrons. The Bertz CT molecular complexity index is 495. The molecule has 0 aliphatic carbocycles. The van der Waals surface area contributed by atoms with Gasteiger partial charge in [0.15, 0.2) is 6.61 Å². The van der Waals surface area contributed by atoms with Crippen molar-refractivity contribution in [3.63, 3.8) is 0 Å². The third-order valence-electron chi connectivity index (χ3n) is 2.42. The van der Waals surface area contributed by atoms with Gasteiger partial charge in [0.25, 0.3) is 5.91 Å². The summed E-state index contributed by atoms with van der Waals surface area (Å²) >= 11 is 5.74. The van der Waals surface area contributed by atoms with Crippen LogP contribution in [0.5, 0.6) is 5.75 Å². The lowest BCUT2D eigenvalue weighted by molar-refractivity contribution is -0.138. The zero-order chi connectivity index (χ0) is 15.1. The van der Waals surface area contributed by atoms with Crippen molar-refractivity contribution in [1.82, 2.24) is 5.32 Å². The van der Waals surface area contributed by atoms with Gasteiger partial charge in [-0.15, -0.1) is 0 Å². The quantitative estimate of drug-likeness (QED) is 0.808. The fraction of sp³-hybridized carbons (Fsp3) is 0.385. The van der Waals surface area contributed by atoms with Crippen molar-refractivity contribution in [2.24, 2.45) is 5.92 Å². The van der Waals surface area contributed by atoms with Crippen LogP contribution in [0.3, 0.4) is 0 Å². The summed E-state index contributed by atoms with van der Waals surface area (Å²) in [5, 5.41) is 11.2. The van der Waals surface area contributed by atoms with Gasteiger partial charge in [-0.2, -0.15) is 0 Å². The number of aliphatic carboxylic acids is 1. The first-order chi connectivity index (χ1) is 9.38. The Morgan fingerprint density at radius 2 is 2.20 bits per heavy atom. The first kappa shape index (κ1) is 16.2. The van der Waals surface area contributed by atoms with E-state index in [1.54, 1.807) is 6.92 Å². The van der Waals surface area contributed by atoms with Crippen LogP contribution in [-0.2, 0) is 9.59 Å². The third kappa shape index (κ3) is 5.88. The zero-order valence-corrected chi connectivity index (χ0v) is 11.6. The number of carboxylic acids is 1. The minimum Gasteiger partial charge on any atom is -0.482 e. The molecule has 1 amide bonds. The smallest absolute Gasteiger partial charge is 0.303 e. The SMILES string of the molecule is CC(CNC(=O)COc1ccc(F)cc1Cl)CC(=O)O. The molecule has 0 spiro atoms. The number of halogens is 2. The van der Waals surface area contributed by atoms with Gasteiger partial charge in [-0.1, -0.05) is 18.5 Å². The molecule has 0 bridgehead atoms. The number of carboxylic acid groups (broad SMARTS) is 1. The molecule has 1 aromatic rings. The number of carbonyl (C=O) groups is 2. The summed E-state index contributed by atoms with van der Waals surface area (Å²) in [6.45, 7) is 1.68. The van der Waals surface area contributed by atoms with Crippen LogP contribution in [0.25, 0.3) is 0 Å².